The number of amides is 1. The Bertz CT molecular complexity index is 1560. The molecular weight excluding hydrogens is 525 g/mol. The maximum atomic E-state index is 13.2. The Hall–Kier alpha value is -3.66. The molecule has 11 heteroatoms. The fourth-order valence-electron chi connectivity index (χ4n) is 4.82. The number of hydrogen-bond donors (Lipinski definition) is 3. The van der Waals surface area contributed by atoms with Crippen LogP contribution in [0.15, 0.2) is 59.8 Å². The predicted molar refractivity (Wildman–Crippen MR) is 153 cm³/mol. The number of nitrogens with one attached hydrogen (secondary N) is 3. The zero-order valence-electron chi connectivity index (χ0n) is 21.1. The van der Waals surface area contributed by atoms with Gasteiger partial charge in [-0.05, 0) is 44.2 Å². The molecule has 1 fully saturated rings. The fourth-order valence-corrected chi connectivity index (χ4v) is 5.40. The summed E-state index contributed by atoms with van der Waals surface area (Å²) in [5.74, 6) is 0.353. The predicted octanol–water partition coefficient (Wildman–Crippen LogP) is 4.98. The molecule has 0 unspecified atom stereocenters. The van der Waals surface area contributed by atoms with Gasteiger partial charge in [0, 0.05) is 50.0 Å². The molecule has 1 amide bonds. The topological polar surface area (TPSA) is 104 Å². The van der Waals surface area contributed by atoms with Crippen LogP contribution in [0.2, 0.25) is 10.0 Å². The number of benzene rings is 2. The van der Waals surface area contributed by atoms with E-state index in [9.17, 15) is 9.59 Å². The second-order valence-electron chi connectivity index (χ2n) is 9.49. The number of halogens is 2. The molecule has 2 aromatic carbocycles. The normalized spacial score (nSPS) is 17.4. The minimum atomic E-state index is -0.333. The summed E-state index contributed by atoms with van der Waals surface area (Å²) >= 11 is 12.6. The number of carbonyl (C=O) groups excluding carboxylic acids is 1. The van der Waals surface area contributed by atoms with Crippen molar-refractivity contribution in [1.29, 1.82) is 0 Å². The van der Waals surface area contributed by atoms with E-state index in [2.05, 4.69) is 44.7 Å². The molecule has 196 valence electrons. The van der Waals surface area contributed by atoms with Crippen LogP contribution < -0.4 is 26.4 Å². The summed E-state index contributed by atoms with van der Waals surface area (Å²) in [5.41, 5.74) is 2.91. The Morgan fingerprint density at radius 2 is 1.76 bits per heavy atom. The van der Waals surface area contributed by atoms with Crippen LogP contribution in [-0.4, -0.2) is 45.6 Å². The molecular formula is C27H27Cl2N7O2. The van der Waals surface area contributed by atoms with Gasteiger partial charge < -0.3 is 20.9 Å². The fraction of sp³-hybridized carbons (Fsp3) is 0.259. The third kappa shape index (κ3) is 5.31. The van der Waals surface area contributed by atoms with E-state index in [1.54, 1.807) is 24.3 Å². The Balaban J connectivity index is 1.45. The second kappa shape index (κ2) is 10.6. The van der Waals surface area contributed by atoms with Crippen molar-refractivity contribution in [3.05, 3.63) is 75.4 Å². The van der Waals surface area contributed by atoms with Crippen molar-refractivity contribution in [3.63, 3.8) is 0 Å². The molecule has 5 rings (SSSR count). The average Bonchev–Trinajstić information content (AvgIpc) is 2.84. The molecule has 1 aliphatic rings. The Morgan fingerprint density at radius 3 is 2.45 bits per heavy atom. The van der Waals surface area contributed by atoms with Gasteiger partial charge in [-0.3, -0.25) is 14.2 Å². The van der Waals surface area contributed by atoms with Crippen LogP contribution in [0, 0.1) is 0 Å². The molecule has 3 N–H and O–H groups in total. The van der Waals surface area contributed by atoms with Crippen molar-refractivity contribution >= 4 is 62.9 Å². The van der Waals surface area contributed by atoms with E-state index in [1.807, 2.05) is 18.2 Å². The quantitative estimate of drug-likeness (QED) is 0.321. The van der Waals surface area contributed by atoms with Crippen molar-refractivity contribution in [3.8, 4) is 5.69 Å². The highest BCUT2D eigenvalue weighted by molar-refractivity contribution is 6.37. The van der Waals surface area contributed by atoms with Crippen molar-refractivity contribution < 1.29 is 4.79 Å². The van der Waals surface area contributed by atoms with E-state index in [4.69, 9.17) is 23.2 Å². The third-order valence-corrected chi connectivity index (χ3v) is 6.91. The van der Waals surface area contributed by atoms with Gasteiger partial charge in [0.05, 0.1) is 38.0 Å². The van der Waals surface area contributed by atoms with Crippen molar-refractivity contribution in [2.24, 2.45) is 0 Å². The summed E-state index contributed by atoms with van der Waals surface area (Å²) in [6, 6.07) is 13.2. The van der Waals surface area contributed by atoms with Gasteiger partial charge in [0.2, 0.25) is 5.91 Å². The standard InChI is InChI=1S/C27H27Cl2N7O2/c1-15-12-35(13-16(2)32-15)24-8-7-18(9-23(24)33-17(3)37)34-25-10-22-19(11-30-25)27(38)36(14-31-22)26-20(28)5-4-6-21(26)29/h4-11,14-16,32H,12-13H2,1-3H3,(H,30,34)(H,33,37)/t15-,16+. The highest BCUT2D eigenvalue weighted by Crippen LogP contribution is 2.32. The molecule has 0 bridgehead atoms. The number of para-hydroxylation sites is 1. The number of aromatic nitrogens is 3. The smallest absolute Gasteiger partial charge is 0.267 e. The summed E-state index contributed by atoms with van der Waals surface area (Å²) in [4.78, 5) is 36.3. The van der Waals surface area contributed by atoms with Gasteiger partial charge in [-0.1, -0.05) is 29.3 Å². The minimum Gasteiger partial charge on any atom is -0.367 e. The van der Waals surface area contributed by atoms with Crippen LogP contribution in [-0.2, 0) is 4.79 Å². The number of anilines is 4. The zero-order chi connectivity index (χ0) is 27.0. The van der Waals surface area contributed by atoms with E-state index in [-0.39, 0.29) is 11.5 Å². The van der Waals surface area contributed by atoms with Crippen molar-refractivity contribution in [1.82, 2.24) is 19.9 Å². The van der Waals surface area contributed by atoms with Crippen LogP contribution in [0.5, 0.6) is 0 Å². The first-order chi connectivity index (χ1) is 18.2. The lowest BCUT2D eigenvalue weighted by Crippen LogP contribution is -2.54. The zero-order valence-corrected chi connectivity index (χ0v) is 22.6. The number of fused-ring (bicyclic) bond motifs is 1. The van der Waals surface area contributed by atoms with Crippen molar-refractivity contribution in [2.45, 2.75) is 32.9 Å². The number of pyridine rings is 1. The van der Waals surface area contributed by atoms with Crippen molar-refractivity contribution in [2.75, 3.05) is 28.6 Å². The Morgan fingerprint density at radius 1 is 1.05 bits per heavy atom. The molecule has 0 saturated carbocycles. The molecule has 9 nitrogen and oxygen atoms in total. The SMILES string of the molecule is CC(=O)Nc1cc(Nc2cc3ncn(-c4c(Cl)cccc4Cl)c(=O)c3cn2)ccc1N1C[C@@H](C)N[C@@H](C)C1. The Kier molecular flexibility index (Phi) is 7.25. The van der Waals surface area contributed by atoms with Gasteiger partial charge in [0.15, 0.2) is 0 Å². The van der Waals surface area contributed by atoms with Crippen LogP contribution >= 0.6 is 23.2 Å². The monoisotopic (exact) mass is 551 g/mol. The van der Waals surface area contributed by atoms with Gasteiger partial charge in [-0.25, -0.2) is 9.97 Å². The summed E-state index contributed by atoms with van der Waals surface area (Å²) in [6.45, 7) is 7.45. The molecule has 0 spiro atoms. The molecule has 3 heterocycles. The van der Waals surface area contributed by atoms with Gasteiger partial charge in [-0.2, -0.15) is 0 Å². The van der Waals surface area contributed by atoms with E-state index in [1.165, 1.54) is 24.0 Å². The van der Waals surface area contributed by atoms with Gasteiger partial charge in [0.1, 0.15) is 12.1 Å². The molecule has 1 saturated heterocycles. The summed E-state index contributed by atoms with van der Waals surface area (Å²) in [5, 5.41) is 10.7. The lowest BCUT2D eigenvalue weighted by atomic mass is 10.1. The number of nitrogens with zero attached hydrogens (tertiary/aromatic N) is 4. The van der Waals surface area contributed by atoms with Gasteiger partial charge in [-0.15, -0.1) is 0 Å². The third-order valence-electron chi connectivity index (χ3n) is 6.30. The molecule has 38 heavy (non-hydrogen) atoms. The van der Waals surface area contributed by atoms with Crippen LogP contribution in [0.3, 0.4) is 0 Å². The molecule has 4 aromatic rings. The van der Waals surface area contributed by atoms with E-state index >= 15 is 0 Å². The highest BCUT2D eigenvalue weighted by Gasteiger charge is 2.23. The maximum absolute atomic E-state index is 13.2. The molecule has 0 aliphatic carbocycles. The minimum absolute atomic E-state index is 0.150. The average molecular weight is 552 g/mol. The lowest BCUT2D eigenvalue weighted by molar-refractivity contribution is -0.114. The lowest BCUT2D eigenvalue weighted by Gasteiger charge is -2.38. The summed E-state index contributed by atoms with van der Waals surface area (Å²) in [7, 11) is 0. The largest absolute Gasteiger partial charge is 0.367 e. The van der Waals surface area contributed by atoms with E-state index in [0.717, 1.165) is 24.5 Å². The van der Waals surface area contributed by atoms with E-state index < -0.39 is 0 Å². The molecule has 2 aromatic heterocycles. The second-order valence-corrected chi connectivity index (χ2v) is 10.3. The first-order valence-electron chi connectivity index (χ1n) is 12.2. The van der Waals surface area contributed by atoms with Crippen LogP contribution in [0.4, 0.5) is 22.9 Å². The first-order valence-corrected chi connectivity index (χ1v) is 13.0. The maximum Gasteiger partial charge on any atom is 0.267 e. The van der Waals surface area contributed by atoms with Gasteiger partial charge >= 0.3 is 0 Å². The number of rotatable bonds is 5. The molecule has 2 atom stereocenters. The summed E-state index contributed by atoms with van der Waals surface area (Å²) < 4.78 is 1.32. The van der Waals surface area contributed by atoms with Gasteiger partial charge in [0.25, 0.3) is 5.56 Å². The molecule has 1 aliphatic heterocycles. The van der Waals surface area contributed by atoms with Crippen LogP contribution in [0.1, 0.15) is 20.8 Å². The van der Waals surface area contributed by atoms with Crippen LogP contribution in [0.25, 0.3) is 16.6 Å². The number of piperazine rings is 1. The number of carbonyl (C=O) groups is 1. The number of hydrogen-bond acceptors (Lipinski definition) is 7. The van der Waals surface area contributed by atoms with E-state index in [0.29, 0.717) is 50.2 Å². The summed E-state index contributed by atoms with van der Waals surface area (Å²) in [6.07, 6.45) is 2.88. The highest BCUT2D eigenvalue weighted by atomic mass is 35.5. The first kappa shape index (κ1) is 26.0. The molecule has 0 radical (unpaired) electrons. The Labute approximate surface area is 229 Å².